The van der Waals surface area contributed by atoms with Crippen LogP contribution in [0.3, 0.4) is 0 Å². The van der Waals surface area contributed by atoms with Crippen LogP contribution in [-0.4, -0.2) is 50.2 Å². The van der Waals surface area contributed by atoms with Gasteiger partial charge in [-0.25, -0.2) is 0 Å². The summed E-state index contributed by atoms with van der Waals surface area (Å²) in [6.07, 6.45) is 0.689. The van der Waals surface area contributed by atoms with Crippen LogP contribution in [0.4, 0.5) is 5.69 Å². The third-order valence-electron chi connectivity index (χ3n) is 4.57. The summed E-state index contributed by atoms with van der Waals surface area (Å²) in [5.41, 5.74) is 1.27. The molecule has 2 amide bonds. The molecule has 1 aromatic carbocycles. The average Bonchev–Trinajstić information content (AvgIpc) is 3.33. The maximum Gasteiger partial charge on any atom is 0.278 e. The predicted octanol–water partition coefficient (Wildman–Crippen LogP) is 3.77. The lowest BCUT2D eigenvalue weighted by molar-refractivity contribution is -0.137. The van der Waals surface area contributed by atoms with Gasteiger partial charge < -0.3 is 19.5 Å². The minimum atomic E-state index is -0.345. The summed E-state index contributed by atoms with van der Waals surface area (Å²) < 4.78 is 16.1. The van der Waals surface area contributed by atoms with Crippen LogP contribution in [0.25, 0.3) is 5.57 Å². The average molecular weight is 431 g/mol. The van der Waals surface area contributed by atoms with E-state index in [1.54, 1.807) is 32.4 Å². The molecule has 0 spiro atoms. The van der Waals surface area contributed by atoms with Crippen molar-refractivity contribution >= 4 is 34.4 Å². The minimum absolute atomic E-state index is 0.108. The van der Waals surface area contributed by atoms with E-state index >= 15 is 0 Å². The fraction of sp³-hybridized carbons (Fsp3) is 0.364. The first-order valence-electron chi connectivity index (χ1n) is 9.71. The number of hydrogen-bond acceptors (Lipinski definition) is 7. The number of nitrogens with zero attached hydrogens (tertiary/aromatic N) is 1. The molecule has 0 unspecified atom stereocenters. The molecule has 3 rings (SSSR count). The number of nitrogens with one attached hydrogen (secondary N) is 1. The fourth-order valence-corrected chi connectivity index (χ4v) is 3.91. The van der Waals surface area contributed by atoms with Crippen LogP contribution in [0.1, 0.15) is 25.1 Å². The van der Waals surface area contributed by atoms with Gasteiger partial charge in [0.05, 0.1) is 25.9 Å². The van der Waals surface area contributed by atoms with Crippen molar-refractivity contribution in [1.82, 2.24) is 4.90 Å². The van der Waals surface area contributed by atoms with E-state index in [4.69, 9.17) is 14.2 Å². The van der Waals surface area contributed by atoms with Crippen molar-refractivity contribution in [1.29, 1.82) is 0 Å². The van der Waals surface area contributed by atoms with Gasteiger partial charge in [0.1, 0.15) is 5.70 Å². The van der Waals surface area contributed by atoms with Crippen LogP contribution in [0.5, 0.6) is 11.5 Å². The third-order valence-corrected chi connectivity index (χ3v) is 5.45. The zero-order valence-electron chi connectivity index (χ0n) is 17.6. The molecule has 0 aliphatic carbocycles. The Hall–Kier alpha value is -2.84. The van der Waals surface area contributed by atoms with E-state index in [0.29, 0.717) is 42.3 Å². The normalized spacial score (nSPS) is 14.1. The second kappa shape index (κ2) is 9.77. The van der Waals surface area contributed by atoms with Crippen LogP contribution in [0, 0.1) is 0 Å². The van der Waals surface area contributed by atoms with Crippen LogP contribution in [0.15, 0.2) is 41.4 Å². The van der Waals surface area contributed by atoms with Gasteiger partial charge in [0.2, 0.25) is 0 Å². The Morgan fingerprint density at radius 2 is 1.83 bits per heavy atom. The number of thiophene rings is 1. The number of benzene rings is 1. The number of hydrogen-bond donors (Lipinski definition) is 1. The lowest BCUT2D eigenvalue weighted by Gasteiger charge is -2.16. The highest BCUT2D eigenvalue weighted by Crippen LogP contribution is 2.35. The van der Waals surface area contributed by atoms with Gasteiger partial charge in [0, 0.05) is 29.8 Å². The Balaban J connectivity index is 1.87. The van der Waals surface area contributed by atoms with E-state index in [2.05, 4.69) is 5.32 Å². The molecule has 1 aliphatic heterocycles. The number of methoxy groups -OCH3 is 2. The molecule has 2 aromatic rings. The molecule has 0 atom stereocenters. The SMILES string of the molecule is COc1ccc(NC2=C(c3cccs3)C(=O)N(CCCOC(C)C)C2=O)cc1OC. The second-order valence-electron chi connectivity index (χ2n) is 6.96. The molecule has 0 saturated heterocycles. The molecule has 160 valence electrons. The first-order valence-corrected chi connectivity index (χ1v) is 10.6. The van der Waals surface area contributed by atoms with Gasteiger partial charge in [-0.2, -0.15) is 0 Å². The smallest absolute Gasteiger partial charge is 0.278 e. The number of ether oxygens (including phenoxy) is 3. The van der Waals surface area contributed by atoms with Gasteiger partial charge in [-0.1, -0.05) is 6.07 Å². The van der Waals surface area contributed by atoms with Gasteiger partial charge in [-0.15, -0.1) is 11.3 Å². The molecule has 1 aromatic heterocycles. The Kier molecular flexibility index (Phi) is 7.12. The summed E-state index contributed by atoms with van der Waals surface area (Å²) in [6.45, 7) is 4.69. The van der Waals surface area contributed by atoms with E-state index in [-0.39, 0.29) is 23.6 Å². The van der Waals surface area contributed by atoms with Crippen molar-refractivity contribution in [3.63, 3.8) is 0 Å². The van der Waals surface area contributed by atoms with Gasteiger partial charge in [-0.05, 0) is 43.8 Å². The van der Waals surface area contributed by atoms with Crippen LogP contribution >= 0.6 is 11.3 Å². The molecular formula is C22H26N2O5S. The van der Waals surface area contributed by atoms with Gasteiger partial charge >= 0.3 is 0 Å². The van der Waals surface area contributed by atoms with Gasteiger partial charge in [-0.3, -0.25) is 14.5 Å². The molecule has 0 saturated carbocycles. The Morgan fingerprint density at radius 3 is 2.47 bits per heavy atom. The summed E-state index contributed by atoms with van der Waals surface area (Å²) in [4.78, 5) is 28.2. The summed E-state index contributed by atoms with van der Waals surface area (Å²) in [7, 11) is 3.10. The lowest BCUT2D eigenvalue weighted by Crippen LogP contribution is -2.34. The molecule has 1 aliphatic rings. The highest BCUT2D eigenvalue weighted by molar-refractivity contribution is 7.11. The molecule has 1 N–H and O–H groups in total. The molecule has 0 radical (unpaired) electrons. The lowest BCUT2D eigenvalue weighted by atomic mass is 10.2. The fourth-order valence-electron chi connectivity index (χ4n) is 3.14. The topological polar surface area (TPSA) is 77.1 Å². The standard InChI is InChI=1S/C22H26N2O5S/c1-14(2)29-11-6-10-24-21(25)19(18-7-5-12-30-18)20(22(24)26)23-15-8-9-16(27-3)17(13-15)28-4/h5,7-9,12-14,23H,6,10-11H2,1-4H3. The maximum atomic E-state index is 13.1. The molecule has 30 heavy (non-hydrogen) atoms. The first kappa shape index (κ1) is 21.9. The van der Waals surface area contributed by atoms with E-state index < -0.39 is 0 Å². The summed E-state index contributed by atoms with van der Waals surface area (Å²) >= 11 is 1.42. The Labute approximate surface area is 180 Å². The predicted molar refractivity (Wildman–Crippen MR) is 117 cm³/mol. The quantitative estimate of drug-likeness (QED) is 0.457. The maximum absolute atomic E-state index is 13.1. The number of rotatable bonds is 10. The number of carbonyl (C=O) groups excluding carboxylic acids is 2. The molecule has 0 bridgehead atoms. The number of amides is 2. The highest BCUT2D eigenvalue weighted by Gasteiger charge is 2.39. The zero-order chi connectivity index (χ0) is 21.7. The summed E-state index contributed by atoms with van der Waals surface area (Å²) in [5.74, 6) is 0.467. The number of imide groups is 1. The highest BCUT2D eigenvalue weighted by atomic mass is 32.1. The molecule has 2 heterocycles. The van der Waals surface area contributed by atoms with Crippen molar-refractivity contribution in [2.75, 3.05) is 32.7 Å². The molecular weight excluding hydrogens is 404 g/mol. The van der Waals surface area contributed by atoms with Crippen molar-refractivity contribution in [3.8, 4) is 11.5 Å². The summed E-state index contributed by atoms with van der Waals surface area (Å²) in [6, 6.07) is 8.95. The minimum Gasteiger partial charge on any atom is -0.493 e. The van der Waals surface area contributed by atoms with Crippen LogP contribution in [-0.2, 0) is 14.3 Å². The molecule has 7 nitrogen and oxygen atoms in total. The van der Waals surface area contributed by atoms with Gasteiger partial charge in [0.15, 0.2) is 11.5 Å². The monoisotopic (exact) mass is 430 g/mol. The Bertz CT molecular complexity index is 937. The van der Waals surface area contributed by atoms with E-state index in [0.717, 1.165) is 4.88 Å². The van der Waals surface area contributed by atoms with Crippen molar-refractivity contribution in [2.45, 2.75) is 26.4 Å². The first-order chi connectivity index (χ1) is 14.5. The largest absolute Gasteiger partial charge is 0.493 e. The van der Waals surface area contributed by atoms with Gasteiger partial charge in [0.25, 0.3) is 11.8 Å². The van der Waals surface area contributed by atoms with E-state index in [1.807, 2.05) is 31.4 Å². The van der Waals surface area contributed by atoms with Crippen molar-refractivity contribution in [3.05, 3.63) is 46.3 Å². The van der Waals surface area contributed by atoms with E-state index in [9.17, 15) is 9.59 Å². The van der Waals surface area contributed by atoms with Crippen molar-refractivity contribution in [2.24, 2.45) is 0 Å². The Morgan fingerprint density at radius 1 is 1.07 bits per heavy atom. The van der Waals surface area contributed by atoms with E-state index in [1.165, 1.54) is 16.2 Å². The van der Waals surface area contributed by atoms with Crippen molar-refractivity contribution < 1.29 is 23.8 Å². The third kappa shape index (κ3) is 4.66. The number of anilines is 1. The number of carbonyl (C=O) groups is 2. The molecule has 8 heteroatoms. The molecule has 0 fully saturated rings. The summed E-state index contributed by atoms with van der Waals surface area (Å²) in [5, 5.41) is 5.01. The zero-order valence-corrected chi connectivity index (χ0v) is 18.4. The van der Waals surface area contributed by atoms with Crippen LogP contribution in [0.2, 0.25) is 0 Å². The van der Waals surface area contributed by atoms with Crippen LogP contribution < -0.4 is 14.8 Å². The second-order valence-corrected chi connectivity index (χ2v) is 7.90.